The largest absolute Gasteiger partial charge is 0.356 e. The Morgan fingerprint density at radius 3 is 2.66 bits per heavy atom. The highest BCUT2D eigenvalue weighted by Gasteiger charge is 2.39. The van der Waals surface area contributed by atoms with E-state index < -0.39 is 0 Å². The van der Waals surface area contributed by atoms with E-state index >= 15 is 0 Å². The highest BCUT2D eigenvalue weighted by atomic mass is 32.2. The van der Waals surface area contributed by atoms with Gasteiger partial charge in [0.15, 0.2) is 5.96 Å². The third kappa shape index (κ3) is 5.89. The third-order valence-electron chi connectivity index (χ3n) is 6.15. The van der Waals surface area contributed by atoms with Gasteiger partial charge in [-0.15, -0.1) is 0 Å². The Morgan fingerprint density at radius 2 is 1.97 bits per heavy atom. The molecule has 0 aromatic heterocycles. The van der Waals surface area contributed by atoms with Crippen molar-refractivity contribution in [3.8, 4) is 0 Å². The van der Waals surface area contributed by atoms with Crippen molar-refractivity contribution in [1.82, 2.24) is 20.9 Å². The molecule has 3 rings (SSSR count). The van der Waals surface area contributed by atoms with Gasteiger partial charge in [-0.2, -0.15) is 11.8 Å². The SMILES string of the molecule is CN=C(NCCc1cccc(C(=O)NC)c1)NCC1(N2CCSCC2)CCCC1. The smallest absolute Gasteiger partial charge is 0.251 e. The van der Waals surface area contributed by atoms with Gasteiger partial charge in [0.25, 0.3) is 5.91 Å². The van der Waals surface area contributed by atoms with Gasteiger partial charge in [-0.3, -0.25) is 14.7 Å². The number of carbonyl (C=O) groups excluding carboxylic acids is 1. The van der Waals surface area contributed by atoms with Gasteiger partial charge in [0.05, 0.1) is 0 Å². The van der Waals surface area contributed by atoms with E-state index in [1.807, 2.05) is 25.2 Å². The van der Waals surface area contributed by atoms with E-state index in [4.69, 9.17) is 0 Å². The molecule has 3 N–H and O–H groups in total. The Labute approximate surface area is 179 Å². The van der Waals surface area contributed by atoms with Gasteiger partial charge >= 0.3 is 0 Å². The second kappa shape index (κ2) is 10.9. The molecule has 1 aliphatic heterocycles. The summed E-state index contributed by atoms with van der Waals surface area (Å²) in [6.07, 6.45) is 6.08. The maximum Gasteiger partial charge on any atom is 0.251 e. The van der Waals surface area contributed by atoms with Crippen molar-refractivity contribution in [3.63, 3.8) is 0 Å². The number of rotatable bonds is 7. The summed E-state index contributed by atoms with van der Waals surface area (Å²) in [7, 11) is 3.49. The molecule has 0 unspecified atom stereocenters. The molecule has 1 amide bonds. The van der Waals surface area contributed by atoms with Crippen LogP contribution in [0, 0.1) is 0 Å². The Kier molecular flexibility index (Phi) is 8.24. The molecule has 160 valence electrons. The summed E-state index contributed by atoms with van der Waals surface area (Å²) in [4.78, 5) is 19.0. The van der Waals surface area contributed by atoms with E-state index in [0.29, 0.717) is 11.1 Å². The van der Waals surface area contributed by atoms with E-state index in [-0.39, 0.29) is 5.91 Å². The van der Waals surface area contributed by atoms with Gasteiger partial charge < -0.3 is 16.0 Å². The molecule has 6 nitrogen and oxygen atoms in total. The van der Waals surface area contributed by atoms with Crippen molar-refractivity contribution in [1.29, 1.82) is 0 Å². The number of hydrogen-bond acceptors (Lipinski definition) is 4. The van der Waals surface area contributed by atoms with Crippen LogP contribution in [-0.2, 0) is 6.42 Å². The average Bonchev–Trinajstić information content (AvgIpc) is 3.26. The molecule has 2 fully saturated rings. The van der Waals surface area contributed by atoms with Crippen LogP contribution in [0.5, 0.6) is 0 Å². The van der Waals surface area contributed by atoms with E-state index in [0.717, 1.165) is 31.0 Å². The number of benzene rings is 1. The van der Waals surface area contributed by atoms with Crippen LogP contribution < -0.4 is 16.0 Å². The number of nitrogens with one attached hydrogen (secondary N) is 3. The minimum Gasteiger partial charge on any atom is -0.356 e. The first-order valence-electron chi connectivity index (χ1n) is 10.8. The average molecular weight is 418 g/mol. The highest BCUT2D eigenvalue weighted by molar-refractivity contribution is 7.99. The van der Waals surface area contributed by atoms with Gasteiger partial charge in [0, 0.05) is 62.9 Å². The summed E-state index contributed by atoms with van der Waals surface area (Å²) >= 11 is 2.07. The summed E-state index contributed by atoms with van der Waals surface area (Å²) in [5.74, 6) is 3.33. The van der Waals surface area contributed by atoms with Crippen molar-refractivity contribution < 1.29 is 4.79 Å². The summed E-state index contributed by atoms with van der Waals surface area (Å²) < 4.78 is 0. The number of carbonyl (C=O) groups is 1. The van der Waals surface area contributed by atoms with Crippen molar-refractivity contribution in [2.75, 3.05) is 51.8 Å². The van der Waals surface area contributed by atoms with Gasteiger partial charge in [-0.1, -0.05) is 25.0 Å². The first-order valence-corrected chi connectivity index (χ1v) is 11.9. The standard InChI is InChI=1S/C22H35N5OS/c1-23-20(28)19-7-5-6-18(16-19)8-11-25-21(24-2)26-17-22(9-3-4-10-22)27-12-14-29-15-13-27/h5-7,16H,3-4,8-15,17H2,1-2H3,(H,23,28)(H2,24,25,26). The fourth-order valence-corrected chi connectivity index (χ4v) is 5.39. The zero-order chi connectivity index (χ0) is 20.5. The number of hydrogen-bond donors (Lipinski definition) is 3. The molecule has 29 heavy (non-hydrogen) atoms. The van der Waals surface area contributed by atoms with Crippen molar-refractivity contribution in [2.24, 2.45) is 4.99 Å². The fraction of sp³-hybridized carbons (Fsp3) is 0.636. The van der Waals surface area contributed by atoms with Crippen molar-refractivity contribution >= 4 is 23.6 Å². The minimum atomic E-state index is -0.0461. The molecule has 1 aliphatic carbocycles. The zero-order valence-electron chi connectivity index (χ0n) is 17.8. The Bertz CT molecular complexity index is 696. The molecule has 7 heteroatoms. The molecule has 0 spiro atoms. The molecule has 1 saturated carbocycles. The van der Waals surface area contributed by atoms with Crippen LogP contribution in [-0.4, -0.2) is 74.1 Å². The van der Waals surface area contributed by atoms with Crippen molar-refractivity contribution in [3.05, 3.63) is 35.4 Å². The zero-order valence-corrected chi connectivity index (χ0v) is 18.6. The predicted molar refractivity (Wildman–Crippen MR) is 123 cm³/mol. The number of aliphatic imine (C=N–C) groups is 1. The molecule has 1 heterocycles. The molecule has 1 aromatic carbocycles. The summed E-state index contributed by atoms with van der Waals surface area (Å²) in [6, 6.07) is 7.80. The van der Waals surface area contributed by atoms with E-state index in [2.05, 4.69) is 43.7 Å². The molecular weight excluding hydrogens is 382 g/mol. The quantitative estimate of drug-likeness (QED) is 0.468. The van der Waals surface area contributed by atoms with Crippen LogP contribution >= 0.6 is 11.8 Å². The summed E-state index contributed by atoms with van der Waals surface area (Å²) in [5.41, 5.74) is 2.14. The van der Waals surface area contributed by atoms with Gasteiger partial charge in [0.2, 0.25) is 0 Å². The molecule has 0 atom stereocenters. The Balaban J connectivity index is 1.50. The lowest BCUT2D eigenvalue weighted by molar-refractivity contribution is 0.0963. The lowest BCUT2D eigenvalue weighted by Gasteiger charge is -2.43. The maximum absolute atomic E-state index is 11.8. The van der Waals surface area contributed by atoms with Crippen LogP contribution in [0.25, 0.3) is 0 Å². The van der Waals surface area contributed by atoms with E-state index in [1.54, 1.807) is 7.05 Å². The van der Waals surface area contributed by atoms with Crippen LogP contribution in [0.15, 0.2) is 29.3 Å². The third-order valence-corrected chi connectivity index (χ3v) is 7.09. The highest BCUT2D eigenvalue weighted by Crippen LogP contribution is 2.36. The fourth-order valence-electron chi connectivity index (χ4n) is 4.48. The maximum atomic E-state index is 11.8. The number of amides is 1. The molecule has 1 aromatic rings. The topological polar surface area (TPSA) is 68.8 Å². The molecule has 0 bridgehead atoms. The van der Waals surface area contributed by atoms with Gasteiger partial charge in [-0.05, 0) is 37.0 Å². The molecular formula is C22H35N5OS. The number of thioether (sulfide) groups is 1. The van der Waals surface area contributed by atoms with Crippen molar-refractivity contribution in [2.45, 2.75) is 37.6 Å². The summed E-state index contributed by atoms with van der Waals surface area (Å²) in [6.45, 7) is 4.16. The first-order chi connectivity index (χ1) is 14.2. The molecule has 1 saturated heterocycles. The lowest BCUT2D eigenvalue weighted by atomic mass is 9.94. The second-order valence-corrected chi connectivity index (χ2v) is 9.14. The van der Waals surface area contributed by atoms with Crippen LogP contribution in [0.4, 0.5) is 0 Å². The second-order valence-electron chi connectivity index (χ2n) is 7.91. The minimum absolute atomic E-state index is 0.0461. The van der Waals surface area contributed by atoms with Gasteiger partial charge in [-0.25, -0.2) is 0 Å². The Hall–Kier alpha value is -1.73. The monoisotopic (exact) mass is 417 g/mol. The Morgan fingerprint density at radius 1 is 1.21 bits per heavy atom. The molecule has 0 radical (unpaired) electrons. The van der Waals surface area contributed by atoms with E-state index in [9.17, 15) is 4.79 Å². The summed E-state index contributed by atoms with van der Waals surface area (Å²) in [5, 5.41) is 9.72. The lowest BCUT2D eigenvalue weighted by Crippen LogP contribution is -2.57. The van der Waals surface area contributed by atoms with Gasteiger partial charge in [0.1, 0.15) is 0 Å². The van der Waals surface area contributed by atoms with Crippen LogP contribution in [0.2, 0.25) is 0 Å². The normalized spacial score (nSPS) is 19.7. The molecule has 2 aliphatic rings. The number of nitrogens with zero attached hydrogens (tertiary/aromatic N) is 2. The van der Waals surface area contributed by atoms with Crippen LogP contribution in [0.1, 0.15) is 41.6 Å². The predicted octanol–water partition coefficient (Wildman–Crippen LogP) is 2.12. The van der Waals surface area contributed by atoms with Crippen LogP contribution in [0.3, 0.4) is 0 Å². The first kappa shape index (κ1) is 22.0. The van der Waals surface area contributed by atoms with E-state index in [1.165, 1.54) is 50.3 Å². The number of guanidine groups is 1.